The first-order valence-corrected chi connectivity index (χ1v) is 5.51. The molecule has 1 aromatic heterocycles. The lowest BCUT2D eigenvalue weighted by atomic mass is 10.1. The second-order valence-electron chi connectivity index (χ2n) is 4.26. The van der Waals surface area contributed by atoms with Crippen LogP contribution in [0.25, 0.3) is 11.0 Å². The number of benzene rings is 1. The van der Waals surface area contributed by atoms with Gasteiger partial charge in [0.15, 0.2) is 5.78 Å². The van der Waals surface area contributed by atoms with E-state index in [1.165, 1.54) is 12.8 Å². The molecular formula is C12H13N3O. The van der Waals surface area contributed by atoms with Crippen LogP contribution in [0.4, 0.5) is 0 Å². The first kappa shape index (κ1) is 9.54. The maximum Gasteiger partial charge on any atom is 0.176 e. The summed E-state index contributed by atoms with van der Waals surface area (Å²) in [6.45, 7) is 0.0507. The predicted octanol–water partition coefficient (Wildman–Crippen LogP) is 1.58. The molecule has 16 heavy (non-hydrogen) atoms. The molecule has 0 radical (unpaired) electrons. The average molecular weight is 215 g/mol. The van der Waals surface area contributed by atoms with Crippen LogP contribution in [0.1, 0.15) is 34.9 Å². The van der Waals surface area contributed by atoms with Crippen molar-refractivity contribution >= 4 is 16.8 Å². The molecule has 1 fully saturated rings. The maximum absolute atomic E-state index is 11.5. The summed E-state index contributed by atoms with van der Waals surface area (Å²) in [6.07, 6.45) is 2.43. The molecule has 1 saturated carbocycles. The number of ketones is 1. The molecule has 1 aliphatic carbocycles. The zero-order valence-corrected chi connectivity index (χ0v) is 8.86. The fourth-order valence-electron chi connectivity index (χ4n) is 1.87. The van der Waals surface area contributed by atoms with Crippen molar-refractivity contribution in [2.24, 2.45) is 5.73 Å². The molecule has 1 heterocycles. The zero-order valence-electron chi connectivity index (χ0n) is 8.86. The number of nitrogens with two attached hydrogens (primary N) is 1. The second-order valence-corrected chi connectivity index (χ2v) is 4.26. The number of imidazole rings is 1. The Morgan fingerprint density at radius 3 is 3.00 bits per heavy atom. The highest BCUT2D eigenvalue weighted by molar-refractivity contribution is 6.00. The van der Waals surface area contributed by atoms with Crippen LogP contribution in [0, 0.1) is 0 Å². The summed E-state index contributed by atoms with van der Waals surface area (Å²) in [5, 5.41) is 0. The van der Waals surface area contributed by atoms with Crippen LogP contribution >= 0.6 is 0 Å². The number of Topliss-reactive ketones (excluding diaryl/α,β-unsaturated/α-hetero) is 1. The van der Waals surface area contributed by atoms with Gasteiger partial charge in [0.2, 0.25) is 0 Å². The van der Waals surface area contributed by atoms with E-state index in [0.717, 1.165) is 16.9 Å². The van der Waals surface area contributed by atoms with Gasteiger partial charge in [-0.25, -0.2) is 4.98 Å². The molecule has 4 nitrogen and oxygen atoms in total. The van der Waals surface area contributed by atoms with Gasteiger partial charge in [0, 0.05) is 11.5 Å². The van der Waals surface area contributed by atoms with Gasteiger partial charge in [-0.2, -0.15) is 0 Å². The van der Waals surface area contributed by atoms with Crippen LogP contribution in [0.2, 0.25) is 0 Å². The first-order chi connectivity index (χ1) is 7.78. The van der Waals surface area contributed by atoms with E-state index in [4.69, 9.17) is 5.73 Å². The van der Waals surface area contributed by atoms with Crippen molar-refractivity contribution in [3.05, 3.63) is 29.6 Å². The van der Waals surface area contributed by atoms with Gasteiger partial charge in [0.05, 0.1) is 17.6 Å². The van der Waals surface area contributed by atoms with Crippen LogP contribution in [0.15, 0.2) is 18.2 Å². The van der Waals surface area contributed by atoms with Gasteiger partial charge < -0.3 is 10.7 Å². The summed E-state index contributed by atoms with van der Waals surface area (Å²) in [4.78, 5) is 19.2. The zero-order chi connectivity index (χ0) is 11.1. The van der Waals surface area contributed by atoms with Crippen molar-refractivity contribution in [3.63, 3.8) is 0 Å². The van der Waals surface area contributed by atoms with Crippen LogP contribution in [-0.2, 0) is 0 Å². The van der Waals surface area contributed by atoms with E-state index >= 15 is 0 Å². The quantitative estimate of drug-likeness (QED) is 0.763. The Balaban J connectivity index is 2.06. The van der Waals surface area contributed by atoms with E-state index in [-0.39, 0.29) is 12.3 Å². The molecule has 0 spiro atoms. The Bertz CT molecular complexity index is 554. The Morgan fingerprint density at radius 2 is 2.31 bits per heavy atom. The topological polar surface area (TPSA) is 71.8 Å². The molecule has 1 aromatic carbocycles. The summed E-state index contributed by atoms with van der Waals surface area (Å²) in [5.41, 5.74) is 7.85. The highest BCUT2D eigenvalue weighted by Crippen LogP contribution is 2.38. The number of carbonyl (C=O) groups excluding carboxylic acids is 1. The van der Waals surface area contributed by atoms with Gasteiger partial charge in [-0.1, -0.05) is 0 Å². The van der Waals surface area contributed by atoms with E-state index in [9.17, 15) is 4.79 Å². The summed E-state index contributed by atoms with van der Waals surface area (Å²) >= 11 is 0. The Labute approximate surface area is 92.9 Å². The van der Waals surface area contributed by atoms with Crippen LogP contribution in [0.5, 0.6) is 0 Å². The molecule has 0 amide bonds. The van der Waals surface area contributed by atoms with Gasteiger partial charge in [0.25, 0.3) is 0 Å². The van der Waals surface area contributed by atoms with E-state index in [1.807, 2.05) is 12.1 Å². The number of hydrogen-bond donors (Lipinski definition) is 2. The molecule has 3 N–H and O–H groups in total. The van der Waals surface area contributed by atoms with Gasteiger partial charge in [0.1, 0.15) is 5.82 Å². The number of aromatic amines is 1. The fourth-order valence-corrected chi connectivity index (χ4v) is 1.87. The van der Waals surface area contributed by atoms with Crippen molar-refractivity contribution < 1.29 is 4.79 Å². The van der Waals surface area contributed by atoms with Crippen molar-refractivity contribution in [1.29, 1.82) is 0 Å². The molecular weight excluding hydrogens is 202 g/mol. The predicted molar refractivity (Wildman–Crippen MR) is 61.5 cm³/mol. The Hall–Kier alpha value is -1.68. The average Bonchev–Trinajstić information content (AvgIpc) is 3.07. The minimum atomic E-state index is -0.0375. The third-order valence-corrected chi connectivity index (χ3v) is 2.97. The van der Waals surface area contributed by atoms with Gasteiger partial charge in [-0.3, -0.25) is 4.79 Å². The number of fused-ring (bicyclic) bond motifs is 1. The van der Waals surface area contributed by atoms with Crippen LogP contribution in [-0.4, -0.2) is 22.3 Å². The highest BCUT2D eigenvalue weighted by Gasteiger charge is 2.26. The van der Waals surface area contributed by atoms with E-state index in [2.05, 4.69) is 9.97 Å². The molecule has 3 rings (SSSR count). The number of nitrogens with zero attached hydrogens (tertiary/aromatic N) is 1. The molecule has 0 aliphatic heterocycles. The van der Waals surface area contributed by atoms with Gasteiger partial charge >= 0.3 is 0 Å². The molecule has 0 bridgehead atoms. The highest BCUT2D eigenvalue weighted by atomic mass is 16.1. The normalized spacial score (nSPS) is 15.6. The van der Waals surface area contributed by atoms with Crippen LogP contribution in [0.3, 0.4) is 0 Å². The monoisotopic (exact) mass is 215 g/mol. The largest absolute Gasteiger partial charge is 0.342 e. The summed E-state index contributed by atoms with van der Waals surface area (Å²) in [6, 6.07) is 5.50. The lowest BCUT2D eigenvalue weighted by Crippen LogP contribution is -2.13. The lowest BCUT2D eigenvalue weighted by Gasteiger charge is -1.96. The number of hydrogen-bond acceptors (Lipinski definition) is 3. The van der Waals surface area contributed by atoms with Crippen LogP contribution < -0.4 is 5.73 Å². The van der Waals surface area contributed by atoms with E-state index in [1.54, 1.807) is 6.07 Å². The first-order valence-electron chi connectivity index (χ1n) is 5.51. The Kier molecular flexibility index (Phi) is 2.04. The van der Waals surface area contributed by atoms with Crippen molar-refractivity contribution in [2.75, 3.05) is 6.54 Å². The molecule has 0 unspecified atom stereocenters. The SMILES string of the molecule is NCC(=O)c1ccc2nc(C3CC3)[nH]c2c1. The van der Waals surface area contributed by atoms with Gasteiger partial charge in [-0.15, -0.1) is 0 Å². The Morgan fingerprint density at radius 1 is 1.50 bits per heavy atom. The third kappa shape index (κ3) is 1.51. The minimum Gasteiger partial charge on any atom is -0.342 e. The maximum atomic E-state index is 11.5. The summed E-state index contributed by atoms with van der Waals surface area (Å²) in [7, 11) is 0. The molecule has 1 aliphatic rings. The lowest BCUT2D eigenvalue weighted by molar-refractivity contribution is 0.100. The standard InChI is InChI=1S/C12H13N3O/c13-6-11(16)8-3-4-9-10(5-8)15-12(14-9)7-1-2-7/h3-5,7H,1-2,6,13H2,(H,14,15). The number of nitrogens with one attached hydrogen (secondary N) is 1. The third-order valence-electron chi connectivity index (χ3n) is 2.97. The second kappa shape index (κ2) is 3.42. The van der Waals surface area contributed by atoms with E-state index in [0.29, 0.717) is 11.5 Å². The van der Waals surface area contributed by atoms with Gasteiger partial charge in [-0.05, 0) is 31.0 Å². The van der Waals surface area contributed by atoms with Crippen molar-refractivity contribution in [2.45, 2.75) is 18.8 Å². The summed E-state index contributed by atoms with van der Waals surface area (Å²) < 4.78 is 0. The van der Waals surface area contributed by atoms with Crippen molar-refractivity contribution in [1.82, 2.24) is 9.97 Å². The van der Waals surface area contributed by atoms with E-state index < -0.39 is 0 Å². The molecule has 0 saturated heterocycles. The fraction of sp³-hybridized carbons (Fsp3) is 0.333. The number of carbonyl (C=O) groups is 1. The smallest absolute Gasteiger partial charge is 0.176 e. The molecule has 0 atom stereocenters. The molecule has 4 heteroatoms. The summed E-state index contributed by atoms with van der Waals surface area (Å²) in [5.74, 6) is 1.61. The van der Waals surface area contributed by atoms with Crippen molar-refractivity contribution in [3.8, 4) is 0 Å². The number of rotatable bonds is 3. The number of H-pyrrole nitrogens is 1. The minimum absolute atomic E-state index is 0.0375. The molecule has 2 aromatic rings. The molecule has 82 valence electrons. The number of aromatic nitrogens is 2.